The van der Waals surface area contributed by atoms with Gasteiger partial charge in [-0.3, -0.25) is 14.6 Å². The van der Waals surface area contributed by atoms with Gasteiger partial charge in [0.05, 0.1) is 31.4 Å². The second-order valence-electron chi connectivity index (χ2n) is 6.08. The van der Waals surface area contributed by atoms with Gasteiger partial charge in [-0.15, -0.1) is 0 Å². The number of carboxylic acids is 1. The summed E-state index contributed by atoms with van der Waals surface area (Å²) in [5.74, 6) is -1.09. The highest BCUT2D eigenvalue weighted by atomic mass is 16.5. The molecule has 1 amide bonds. The number of anilines is 1. The Balaban J connectivity index is 1.73. The van der Waals surface area contributed by atoms with Crippen LogP contribution in [0.1, 0.15) is 30.1 Å². The molecule has 1 N–H and O–H groups in total. The van der Waals surface area contributed by atoms with Gasteiger partial charge in [-0.25, -0.2) is 0 Å². The Bertz CT molecular complexity index is 656. The van der Waals surface area contributed by atoms with Crippen molar-refractivity contribution >= 4 is 23.3 Å². The molecule has 1 fully saturated rings. The number of hydrogen-bond donors (Lipinski definition) is 1. The van der Waals surface area contributed by atoms with E-state index >= 15 is 0 Å². The summed E-state index contributed by atoms with van der Waals surface area (Å²) < 4.78 is 5.32. The van der Waals surface area contributed by atoms with Crippen molar-refractivity contribution in [1.82, 2.24) is 4.90 Å². The van der Waals surface area contributed by atoms with Gasteiger partial charge in [0.1, 0.15) is 0 Å². The SMILES string of the molecule is CC1=NN(c2ccc(C(=O)N3CCOC[C@H]3CC(=O)O)cc2)CC1. The van der Waals surface area contributed by atoms with Crippen molar-refractivity contribution in [2.24, 2.45) is 5.10 Å². The Kier molecular flexibility index (Phi) is 4.80. The van der Waals surface area contributed by atoms with Crippen LogP contribution < -0.4 is 5.01 Å². The van der Waals surface area contributed by atoms with Gasteiger partial charge < -0.3 is 14.7 Å². The number of morpholine rings is 1. The summed E-state index contributed by atoms with van der Waals surface area (Å²) in [6, 6.07) is 6.88. The van der Waals surface area contributed by atoms with Gasteiger partial charge in [-0.2, -0.15) is 5.10 Å². The fraction of sp³-hybridized carbons (Fsp3) is 0.471. The molecule has 24 heavy (non-hydrogen) atoms. The lowest BCUT2D eigenvalue weighted by Gasteiger charge is -2.35. The number of carbonyl (C=O) groups excluding carboxylic acids is 1. The first-order valence-electron chi connectivity index (χ1n) is 8.07. The lowest BCUT2D eigenvalue weighted by Crippen LogP contribution is -2.49. The average molecular weight is 331 g/mol. The number of ether oxygens (including phenoxy) is 1. The van der Waals surface area contributed by atoms with Crippen LogP contribution in [0.3, 0.4) is 0 Å². The Labute approximate surface area is 140 Å². The maximum Gasteiger partial charge on any atom is 0.305 e. The molecule has 3 rings (SSSR count). The highest BCUT2D eigenvalue weighted by molar-refractivity contribution is 5.95. The molecule has 7 nitrogen and oxygen atoms in total. The summed E-state index contributed by atoms with van der Waals surface area (Å²) in [5.41, 5.74) is 2.60. The normalized spacial score (nSPS) is 20.9. The smallest absolute Gasteiger partial charge is 0.305 e. The zero-order chi connectivity index (χ0) is 17.1. The minimum atomic E-state index is -0.930. The number of amides is 1. The van der Waals surface area contributed by atoms with Crippen LogP contribution in [0.5, 0.6) is 0 Å². The van der Waals surface area contributed by atoms with Crippen molar-refractivity contribution in [3.8, 4) is 0 Å². The standard InChI is InChI=1S/C17H21N3O4/c1-12-6-7-20(18-12)14-4-2-13(3-5-14)17(23)19-8-9-24-11-15(19)10-16(21)22/h2-5,15H,6-11H2,1H3,(H,21,22)/t15-/m1/s1. The van der Waals surface area contributed by atoms with Crippen LogP contribution in [0.25, 0.3) is 0 Å². The number of carboxylic acid groups (broad SMARTS) is 1. The van der Waals surface area contributed by atoms with E-state index in [4.69, 9.17) is 9.84 Å². The molecule has 2 heterocycles. The van der Waals surface area contributed by atoms with Gasteiger partial charge >= 0.3 is 5.97 Å². The maximum atomic E-state index is 12.7. The van der Waals surface area contributed by atoms with Crippen molar-refractivity contribution in [2.75, 3.05) is 31.3 Å². The molecule has 0 saturated carbocycles. The number of benzene rings is 1. The molecule has 0 aromatic heterocycles. The van der Waals surface area contributed by atoms with Crippen molar-refractivity contribution in [1.29, 1.82) is 0 Å². The van der Waals surface area contributed by atoms with E-state index < -0.39 is 12.0 Å². The number of rotatable bonds is 4. The zero-order valence-corrected chi connectivity index (χ0v) is 13.6. The molecule has 0 aliphatic carbocycles. The van der Waals surface area contributed by atoms with Crippen molar-refractivity contribution in [3.05, 3.63) is 29.8 Å². The second kappa shape index (κ2) is 7.00. The van der Waals surface area contributed by atoms with Gasteiger partial charge in [0.15, 0.2) is 0 Å². The molecule has 7 heteroatoms. The van der Waals surface area contributed by atoms with Crippen LogP contribution in [0.4, 0.5) is 5.69 Å². The summed E-state index contributed by atoms with van der Waals surface area (Å²) >= 11 is 0. The fourth-order valence-electron chi connectivity index (χ4n) is 3.00. The minimum absolute atomic E-state index is 0.106. The predicted octanol–water partition coefficient (Wildman–Crippen LogP) is 1.59. The summed E-state index contributed by atoms with van der Waals surface area (Å²) in [6.45, 7) is 3.95. The van der Waals surface area contributed by atoms with E-state index in [1.54, 1.807) is 17.0 Å². The van der Waals surface area contributed by atoms with Crippen LogP contribution in [-0.4, -0.2) is 59.9 Å². The van der Waals surface area contributed by atoms with E-state index in [0.717, 1.165) is 24.4 Å². The quantitative estimate of drug-likeness (QED) is 0.906. The van der Waals surface area contributed by atoms with Crippen LogP contribution in [0, 0.1) is 0 Å². The molecule has 1 aromatic carbocycles. The van der Waals surface area contributed by atoms with E-state index in [9.17, 15) is 9.59 Å². The number of hydrazone groups is 1. The molecule has 0 radical (unpaired) electrons. The molecule has 1 aromatic rings. The van der Waals surface area contributed by atoms with Crippen LogP contribution in [0.2, 0.25) is 0 Å². The van der Waals surface area contributed by atoms with E-state index in [2.05, 4.69) is 5.10 Å². The molecule has 0 unspecified atom stereocenters. The molecule has 1 saturated heterocycles. The van der Waals surface area contributed by atoms with Gasteiger partial charge in [0.25, 0.3) is 5.91 Å². The molecule has 2 aliphatic rings. The first-order chi connectivity index (χ1) is 11.5. The summed E-state index contributed by atoms with van der Waals surface area (Å²) in [6.07, 6.45) is 0.844. The number of hydrogen-bond acceptors (Lipinski definition) is 5. The topological polar surface area (TPSA) is 82.4 Å². The molecule has 1 atom stereocenters. The molecule has 2 aliphatic heterocycles. The van der Waals surface area contributed by atoms with Crippen molar-refractivity contribution in [3.63, 3.8) is 0 Å². The molecular formula is C17H21N3O4. The maximum absolute atomic E-state index is 12.7. The lowest BCUT2D eigenvalue weighted by molar-refractivity contribution is -0.139. The average Bonchev–Trinajstić information content (AvgIpc) is 3.01. The Morgan fingerprint density at radius 2 is 2.04 bits per heavy atom. The van der Waals surface area contributed by atoms with Gasteiger partial charge in [-0.05, 0) is 31.2 Å². The monoisotopic (exact) mass is 331 g/mol. The van der Waals surface area contributed by atoms with Crippen LogP contribution in [0.15, 0.2) is 29.4 Å². The van der Waals surface area contributed by atoms with Gasteiger partial charge in [0.2, 0.25) is 0 Å². The Hall–Kier alpha value is -2.41. The van der Waals surface area contributed by atoms with Gasteiger partial charge in [0, 0.05) is 30.8 Å². The summed E-state index contributed by atoms with van der Waals surface area (Å²) in [7, 11) is 0. The fourth-order valence-corrected chi connectivity index (χ4v) is 3.00. The highest BCUT2D eigenvalue weighted by Gasteiger charge is 2.29. The van der Waals surface area contributed by atoms with Crippen LogP contribution >= 0.6 is 0 Å². The molecule has 128 valence electrons. The number of nitrogens with zero attached hydrogens (tertiary/aromatic N) is 3. The first kappa shape index (κ1) is 16.4. The van der Waals surface area contributed by atoms with E-state index in [-0.39, 0.29) is 18.9 Å². The third kappa shape index (κ3) is 3.56. The predicted molar refractivity (Wildman–Crippen MR) is 89.4 cm³/mol. The van der Waals surface area contributed by atoms with Crippen molar-refractivity contribution in [2.45, 2.75) is 25.8 Å². The van der Waals surface area contributed by atoms with Crippen molar-refractivity contribution < 1.29 is 19.4 Å². The van der Waals surface area contributed by atoms with E-state index in [1.165, 1.54) is 0 Å². The third-order valence-electron chi connectivity index (χ3n) is 4.29. The lowest BCUT2D eigenvalue weighted by atomic mass is 10.1. The minimum Gasteiger partial charge on any atom is -0.481 e. The van der Waals surface area contributed by atoms with E-state index in [1.807, 2.05) is 24.1 Å². The van der Waals surface area contributed by atoms with Crippen LogP contribution in [-0.2, 0) is 9.53 Å². The third-order valence-corrected chi connectivity index (χ3v) is 4.29. The molecular weight excluding hydrogens is 310 g/mol. The Morgan fingerprint density at radius 1 is 1.29 bits per heavy atom. The second-order valence-corrected chi connectivity index (χ2v) is 6.08. The van der Waals surface area contributed by atoms with E-state index in [0.29, 0.717) is 18.7 Å². The Morgan fingerprint density at radius 3 is 2.67 bits per heavy atom. The summed E-state index contributed by atoms with van der Waals surface area (Å²) in [4.78, 5) is 25.3. The zero-order valence-electron chi connectivity index (χ0n) is 13.6. The molecule has 0 bridgehead atoms. The first-order valence-corrected chi connectivity index (χ1v) is 8.07. The molecule has 0 spiro atoms. The number of carbonyl (C=O) groups is 2. The summed E-state index contributed by atoms with van der Waals surface area (Å²) in [5, 5.41) is 15.4. The largest absolute Gasteiger partial charge is 0.481 e. The highest BCUT2D eigenvalue weighted by Crippen LogP contribution is 2.21. The number of aliphatic carboxylic acids is 1. The van der Waals surface area contributed by atoms with Gasteiger partial charge in [-0.1, -0.05) is 0 Å².